The van der Waals surface area contributed by atoms with Gasteiger partial charge >= 0.3 is 11.8 Å². The summed E-state index contributed by atoms with van der Waals surface area (Å²) in [7, 11) is 0. The van der Waals surface area contributed by atoms with Crippen molar-refractivity contribution in [1.82, 2.24) is 20.4 Å². The molecule has 0 atom stereocenters. The maximum absolute atomic E-state index is 11.9. The van der Waals surface area contributed by atoms with Crippen LogP contribution in [0.2, 0.25) is 0 Å². The lowest BCUT2D eigenvalue weighted by Gasteiger charge is -2.26. The lowest BCUT2D eigenvalue weighted by molar-refractivity contribution is 0.0382. The number of nitrogens with one attached hydrogen (secondary N) is 1. The molecule has 2 aromatic rings. The molecular formula is C13H16N4O3S. The minimum Gasteiger partial charge on any atom is -0.379 e. The van der Waals surface area contributed by atoms with E-state index in [9.17, 15) is 4.79 Å². The van der Waals surface area contributed by atoms with E-state index >= 15 is 0 Å². The van der Waals surface area contributed by atoms with Crippen molar-refractivity contribution < 1.29 is 14.1 Å². The molecule has 0 aromatic carbocycles. The Morgan fingerprint density at radius 3 is 3.05 bits per heavy atom. The van der Waals surface area contributed by atoms with Crippen molar-refractivity contribution in [1.29, 1.82) is 0 Å². The average Bonchev–Trinajstić information content (AvgIpc) is 3.19. The standard InChI is InChI=1S/C13H16N4O3S/c18-12(14-3-4-17-5-7-19-8-6-17)13-15-11(16-20-13)10-2-1-9-21-10/h1-2,9H,3-8H2,(H,14,18). The summed E-state index contributed by atoms with van der Waals surface area (Å²) in [5.74, 6) is 0.113. The van der Waals surface area contributed by atoms with Crippen LogP contribution < -0.4 is 5.32 Å². The molecule has 7 nitrogen and oxygen atoms in total. The number of rotatable bonds is 5. The van der Waals surface area contributed by atoms with E-state index in [4.69, 9.17) is 9.26 Å². The molecule has 112 valence electrons. The Kier molecular flexibility index (Phi) is 4.59. The van der Waals surface area contributed by atoms with Crippen molar-refractivity contribution in [3.8, 4) is 10.7 Å². The quantitative estimate of drug-likeness (QED) is 0.882. The highest BCUT2D eigenvalue weighted by Crippen LogP contribution is 2.21. The molecule has 1 amide bonds. The van der Waals surface area contributed by atoms with Crippen LogP contribution >= 0.6 is 11.3 Å². The van der Waals surface area contributed by atoms with Gasteiger partial charge in [-0.15, -0.1) is 11.3 Å². The van der Waals surface area contributed by atoms with Crippen molar-refractivity contribution in [2.75, 3.05) is 39.4 Å². The highest BCUT2D eigenvalue weighted by Gasteiger charge is 2.17. The fourth-order valence-electron chi connectivity index (χ4n) is 2.05. The Balaban J connectivity index is 1.49. The van der Waals surface area contributed by atoms with Crippen molar-refractivity contribution in [3.05, 3.63) is 23.4 Å². The smallest absolute Gasteiger partial charge is 0.316 e. The third-order valence-corrected chi connectivity index (χ3v) is 4.04. The van der Waals surface area contributed by atoms with Gasteiger partial charge in [0.1, 0.15) is 0 Å². The predicted molar refractivity (Wildman–Crippen MR) is 77.2 cm³/mol. The van der Waals surface area contributed by atoms with E-state index in [1.807, 2.05) is 17.5 Å². The Morgan fingerprint density at radius 1 is 1.43 bits per heavy atom. The molecule has 0 radical (unpaired) electrons. The van der Waals surface area contributed by atoms with Crippen LogP contribution in [0.5, 0.6) is 0 Å². The molecule has 1 fully saturated rings. The molecule has 0 unspecified atom stereocenters. The maximum Gasteiger partial charge on any atom is 0.316 e. The zero-order valence-electron chi connectivity index (χ0n) is 11.4. The van der Waals surface area contributed by atoms with Gasteiger partial charge in [0.2, 0.25) is 5.82 Å². The van der Waals surface area contributed by atoms with E-state index in [0.717, 1.165) is 37.7 Å². The van der Waals surface area contributed by atoms with Gasteiger partial charge in [-0.3, -0.25) is 9.69 Å². The zero-order valence-corrected chi connectivity index (χ0v) is 12.3. The molecule has 1 aliphatic heterocycles. The Labute approximate surface area is 125 Å². The lowest BCUT2D eigenvalue weighted by Crippen LogP contribution is -2.41. The van der Waals surface area contributed by atoms with Gasteiger partial charge in [-0.2, -0.15) is 4.98 Å². The third-order valence-electron chi connectivity index (χ3n) is 3.18. The summed E-state index contributed by atoms with van der Waals surface area (Å²) in [6.45, 7) is 4.65. The zero-order chi connectivity index (χ0) is 14.5. The Morgan fingerprint density at radius 2 is 2.29 bits per heavy atom. The normalized spacial score (nSPS) is 16.0. The molecule has 1 aliphatic rings. The number of hydrogen-bond acceptors (Lipinski definition) is 7. The minimum absolute atomic E-state index is 0.000350. The summed E-state index contributed by atoms with van der Waals surface area (Å²) in [5.41, 5.74) is 0. The van der Waals surface area contributed by atoms with E-state index < -0.39 is 0 Å². The topological polar surface area (TPSA) is 80.5 Å². The molecule has 0 saturated carbocycles. The summed E-state index contributed by atoms with van der Waals surface area (Å²) in [6.07, 6.45) is 0. The van der Waals surface area contributed by atoms with Crippen LogP contribution in [0.1, 0.15) is 10.7 Å². The number of morpholine rings is 1. The van der Waals surface area contributed by atoms with E-state index in [0.29, 0.717) is 12.4 Å². The summed E-state index contributed by atoms with van der Waals surface area (Å²) >= 11 is 1.50. The Hall–Kier alpha value is -1.77. The molecular weight excluding hydrogens is 292 g/mol. The average molecular weight is 308 g/mol. The number of hydrogen-bond donors (Lipinski definition) is 1. The van der Waals surface area contributed by atoms with Gasteiger partial charge in [-0.25, -0.2) is 0 Å². The predicted octanol–water partition coefficient (Wildman–Crippen LogP) is 0.860. The van der Waals surface area contributed by atoms with Gasteiger partial charge in [-0.05, 0) is 11.4 Å². The lowest BCUT2D eigenvalue weighted by atomic mass is 10.4. The first-order chi connectivity index (χ1) is 10.3. The van der Waals surface area contributed by atoms with Crippen molar-refractivity contribution in [2.24, 2.45) is 0 Å². The van der Waals surface area contributed by atoms with Gasteiger partial charge in [0.25, 0.3) is 0 Å². The van der Waals surface area contributed by atoms with Gasteiger partial charge < -0.3 is 14.6 Å². The van der Waals surface area contributed by atoms with Crippen LogP contribution in [0, 0.1) is 0 Å². The summed E-state index contributed by atoms with van der Waals surface area (Å²) in [5, 5.41) is 8.53. The first kappa shape index (κ1) is 14.2. The second-order valence-electron chi connectivity index (χ2n) is 4.61. The second-order valence-corrected chi connectivity index (χ2v) is 5.56. The van der Waals surface area contributed by atoms with E-state index in [1.54, 1.807) is 0 Å². The summed E-state index contributed by atoms with van der Waals surface area (Å²) in [6, 6.07) is 3.79. The number of aromatic nitrogens is 2. The summed E-state index contributed by atoms with van der Waals surface area (Å²) < 4.78 is 10.3. The first-order valence-corrected chi connectivity index (χ1v) is 7.67. The largest absolute Gasteiger partial charge is 0.379 e. The van der Waals surface area contributed by atoms with Crippen molar-refractivity contribution >= 4 is 17.2 Å². The van der Waals surface area contributed by atoms with E-state index in [1.165, 1.54) is 11.3 Å². The van der Waals surface area contributed by atoms with E-state index in [-0.39, 0.29) is 11.8 Å². The fourth-order valence-corrected chi connectivity index (χ4v) is 2.70. The molecule has 0 aliphatic carbocycles. The molecule has 1 saturated heterocycles. The number of ether oxygens (including phenoxy) is 1. The highest BCUT2D eigenvalue weighted by molar-refractivity contribution is 7.13. The van der Waals surface area contributed by atoms with Crippen LogP contribution in [-0.4, -0.2) is 60.3 Å². The van der Waals surface area contributed by atoms with Crippen LogP contribution in [-0.2, 0) is 4.74 Å². The minimum atomic E-state index is -0.335. The third kappa shape index (κ3) is 3.66. The second kappa shape index (κ2) is 6.79. The number of nitrogens with zero attached hydrogens (tertiary/aromatic N) is 3. The van der Waals surface area contributed by atoms with Gasteiger partial charge in [0.05, 0.1) is 18.1 Å². The highest BCUT2D eigenvalue weighted by atomic mass is 32.1. The molecule has 21 heavy (non-hydrogen) atoms. The summed E-state index contributed by atoms with van der Waals surface area (Å²) in [4.78, 5) is 19.2. The number of thiophene rings is 1. The van der Waals surface area contributed by atoms with Gasteiger partial charge in [-0.1, -0.05) is 11.2 Å². The first-order valence-electron chi connectivity index (χ1n) is 6.79. The molecule has 3 heterocycles. The number of carbonyl (C=O) groups excluding carboxylic acids is 1. The van der Waals surface area contributed by atoms with Crippen LogP contribution in [0.25, 0.3) is 10.7 Å². The van der Waals surface area contributed by atoms with Crippen LogP contribution in [0.15, 0.2) is 22.0 Å². The van der Waals surface area contributed by atoms with Gasteiger partial charge in [0, 0.05) is 26.2 Å². The van der Waals surface area contributed by atoms with E-state index in [2.05, 4.69) is 20.4 Å². The number of carbonyl (C=O) groups is 1. The molecule has 1 N–H and O–H groups in total. The van der Waals surface area contributed by atoms with Crippen molar-refractivity contribution in [3.63, 3.8) is 0 Å². The Bertz CT molecular complexity index is 578. The fraction of sp³-hybridized carbons (Fsp3) is 0.462. The molecule has 8 heteroatoms. The van der Waals surface area contributed by atoms with Crippen LogP contribution in [0.4, 0.5) is 0 Å². The van der Waals surface area contributed by atoms with Crippen LogP contribution in [0.3, 0.4) is 0 Å². The van der Waals surface area contributed by atoms with Gasteiger partial charge in [0.15, 0.2) is 0 Å². The molecule has 3 rings (SSSR count). The molecule has 2 aromatic heterocycles. The van der Waals surface area contributed by atoms with Crippen molar-refractivity contribution in [2.45, 2.75) is 0 Å². The SMILES string of the molecule is O=C(NCCN1CCOCC1)c1nc(-c2cccs2)no1. The molecule has 0 spiro atoms. The number of amides is 1. The monoisotopic (exact) mass is 308 g/mol. The molecule has 0 bridgehead atoms. The maximum atomic E-state index is 11.9.